The average molecular weight is 210 g/mol. The minimum Gasteiger partial charge on any atom is -0.390 e. The first kappa shape index (κ1) is 11.8. The molecule has 0 amide bonds. The molecule has 1 saturated carbocycles. The molecule has 4 heteroatoms. The van der Waals surface area contributed by atoms with Gasteiger partial charge in [-0.25, -0.2) is 0 Å². The van der Waals surface area contributed by atoms with Crippen LogP contribution >= 0.6 is 0 Å². The highest BCUT2D eigenvalue weighted by Gasteiger charge is 2.34. The number of hydrogen-bond donors (Lipinski definition) is 1. The van der Waals surface area contributed by atoms with Gasteiger partial charge in [-0.05, 0) is 19.3 Å². The number of alkyl halides is 3. The van der Waals surface area contributed by atoms with Crippen LogP contribution in [-0.2, 0) is 0 Å². The van der Waals surface area contributed by atoms with Gasteiger partial charge in [-0.2, -0.15) is 13.2 Å². The van der Waals surface area contributed by atoms with Crippen molar-refractivity contribution in [2.45, 2.75) is 63.1 Å². The molecule has 84 valence electrons. The van der Waals surface area contributed by atoms with E-state index in [1.165, 1.54) is 0 Å². The van der Waals surface area contributed by atoms with Gasteiger partial charge in [0.25, 0.3) is 0 Å². The van der Waals surface area contributed by atoms with E-state index < -0.39 is 18.2 Å². The van der Waals surface area contributed by atoms with Gasteiger partial charge in [-0.3, -0.25) is 0 Å². The summed E-state index contributed by atoms with van der Waals surface area (Å²) < 4.78 is 35.9. The lowest BCUT2D eigenvalue weighted by Gasteiger charge is -2.26. The lowest BCUT2D eigenvalue weighted by Crippen LogP contribution is -2.29. The lowest BCUT2D eigenvalue weighted by atomic mass is 9.89. The van der Waals surface area contributed by atoms with Crippen LogP contribution in [0.25, 0.3) is 0 Å². The van der Waals surface area contributed by atoms with Gasteiger partial charge in [-0.15, -0.1) is 0 Å². The fourth-order valence-electron chi connectivity index (χ4n) is 2.01. The quantitative estimate of drug-likeness (QED) is 0.692. The van der Waals surface area contributed by atoms with E-state index >= 15 is 0 Å². The number of aliphatic hydroxyl groups is 1. The zero-order chi connectivity index (χ0) is 10.7. The molecule has 1 rings (SSSR count). The highest BCUT2D eigenvalue weighted by molar-refractivity contribution is 4.81. The Hall–Kier alpha value is -0.250. The van der Waals surface area contributed by atoms with E-state index in [9.17, 15) is 18.3 Å². The van der Waals surface area contributed by atoms with E-state index in [1.807, 2.05) is 0 Å². The van der Waals surface area contributed by atoms with E-state index in [1.54, 1.807) is 0 Å². The van der Waals surface area contributed by atoms with Crippen molar-refractivity contribution in [1.29, 1.82) is 0 Å². The maximum Gasteiger partial charge on any atom is 0.389 e. The predicted octanol–water partition coefficient (Wildman–Crippen LogP) is 3.41. The summed E-state index contributed by atoms with van der Waals surface area (Å²) in [5.74, 6) is 0. The maximum absolute atomic E-state index is 12.0. The normalized spacial score (nSPS) is 23.1. The summed E-state index contributed by atoms with van der Waals surface area (Å²) >= 11 is 0. The Bertz CT molecular complexity index is 169. The molecule has 1 fully saturated rings. The van der Waals surface area contributed by atoms with Crippen molar-refractivity contribution in [3.63, 3.8) is 0 Å². The third-order valence-electron chi connectivity index (χ3n) is 2.91. The van der Waals surface area contributed by atoms with Gasteiger partial charge in [0.1, 0.15) is 0 Å². The number of rotatable bonds is 2. The van der Waals surface area contributed by atoms with Gasteiger partial charge < -0.3 is 5.11 Å². The third kappa shape index (κ3) is 4.31. The highest BCUT2D eigenvalue weighted by atomic mass is 19.4. The minimum absolute atomic E-state index is 0.128. The van der Waals surface area contributed by atoms with E-state index in [4.69, 9.17) is 0 Å². The van der Waals surface area contributed by atoms with Crippen LogP contribution in [0.3, 0.4) is 0 Å². The molecular formula is C10H17F3O. The molecule has 0 aromatic rings. The van der Waals surface area contributed by atoms with Crippen LogP contribution in [0.15, 0.2) is 0 Å². The summed E-state index contributed by atoms with van der Waals surface area (Å²) in [7, 11) is 0. The first-order chi connectivity index (χ1) is 6.41. The van der Waals surface area contributed by atoms with Crippen LogP contribution < -0.4 is 0 Å². The molecule has 0 aromatic carbocycles. The van der Waals surface area contributed by atoms with Crippen LogP contribution in [0.4, 0.5) is 13.2 Å². The van der Waals surface area contributed by atoms with Crippen LogP contribution in [0.5, 0.6) is 0 Å². The smallest absolute Gasteiger partial charge is 0.389 e. The summed E-state index contributed by atoms with van der Waals surface area (Å²) in [6.07, 6.45) is -0.278. The molecule has 1 aliphatic carbocycles. The van der Waals surface area contributed by atoms with Crippen molar-refractivity contribution in [2.24, 2.45) is 0 Å². The molecule has 0 aromatic heterocycles. The van der Waals surface area contributed by atoms with E-state index in [-0.39, 0.29) is 6.42 Å². The van der Waals surface area contributed by atoms with Gasteiger partial charge in [-0.1, -0.05) is 25.7 Å². The van der Waals surface area contributed by atoms with Gasteiger partial charge in [0.2, 0.25) is 0 Å². The fraction of sp³-hybridized carbons (Fsp3) is 1.00. The van der Waals surface area contributed by atoms with Gasteiger partial charge in [0.15, 0.2) is 0 Å². The SMILES string of the molecule is OC1(CCC(F)(F)F)CCCCCC1. The lowest BCUT2D eigenvalue weighted by molar-refractivity contribution is -0.147. The minimum atomic E-state index is -4.14. The molecule has 0 radical (unpaired) electrons. The molecule has 1 nitrogen and oxygen atoms in total. The molecule has 0 bridgehead atoms. The zero-order valence-electron chi connectivity index (χ0n) is 8.24. The molecule has 0 saturated heterocycles. The standard InChI is InChI=1S/C10H17F3O/c11-10(12,13)8-7-9(14)5-3-1-2-4-6-9/h14H,1-8H2. The van der Waals surface area contributed by atoms with Crippen LogP contribution in [0, 0.1) is 0 Å². The van der Waals surface area contributed by atoms with Crippen LogP contribution in [0.2, 0.25) is 0 Å². The van der Waals surface area contributed by atoms with Crippen molar-refractivity contribution in [3.8, 4) is 0 Å². The molecular weight excluding hydrogens is 193 g/mol. The van der Waals surface area contributed by atoms with E-state index in [2.05, 4.69) is 0 Å². The Kier molecular flexibility index (Phi) is 3.81. The van der Waals surface area contributed by atoms with Crippen LogP contribution in [-0.4, -0.2) is 16.9 Å². The molecule has 0 unspecified atom stereocenters. The summed E-state index contributed by atoms with van der Waals surface area (Å²) in [5.41, 5.74) is -1.05. The second kappa shape index (κ2) is 4.51. The van der Waals surface area contributed by atoms with Crippen molar-refractivity contribution in [1.82, 2.24) is 0 Å². The first-order valence-corrected chi connectivity index (χ1v) is 5.20. The van der Waals surface area contributed by atoms with Crippen molar-refractivity contribution >= 4 is 0 Å². The Labute approximate surface area is 82.3 Å². The summed E-state index contributed by atoms with van der Waals surface area (Å²) in [6.45, 7) is 0. The van der Waals surface area contributed by atoms with Gasteiger partial charge in [0, 0.05) is 6.42 Å². The van der Waals surface area contributed by atoms with Crippen LogP contribution in [0.1, 0.15) is 51.4 Å². The Morgan fingerprint density at radius 2 is 1.50 bits per heavy atom. The predicted molar refractivity (Wildman–Crippen MR) is 47.9 cm³/mol. The molecule has 0 aliphatic heterocycles. The molecule has 1 N–H and O–H groups in total. The second-order valence-electron chi connectivity index (χ2n) is 4.25. The average Bonchev–Trinajstić information content (AvgIpc) is 2.27. The second-order valence-corrected chi connectivity index (χ2v) is 4.25. The van der Waals surface area contributed by atoms with Crippen molar-refractivity contribution < 1.29 is 18.3 Å². The van der Waals surface area contributed by atoms with Gasteiger partial charge in [0.05, 0.1) is 5.60 Å². The molecule has 0 heterocycles. The Balaban J connectivity index is 2.39. The fourth-order valence-corrected chi connectivity index (χ4v) is 2.01. The van der Waals surface area contributed by atoms with Gasteiger partial charge >= 0.3 is 6.18 Å². The Morgan fingerprint density at radius 1 is 1.00 bits per heavy atom. The molecule has 0 atom stereocenters. The Morgan fingerprint density at radius 3 is 1.93 bits per heavy atom. The summed E-state index contributed by atoms with van der Waals surface area (Å²) in [6, 6.07) is 0. The summed E-state index contributed by atoms with van der Waals surface area (Å²) in [5, 5.41) is 9.91. The number of halogens is 3. The highest BCUT2D eigenvalue weighted by Crippen LogP contribution is 2.34. The largest absolute Gasteiger partial charge is 0.390 e. The monoisotopic (exact) mass is 210 g/mol. The topological polar surface area (TPSA) is 20.2 Å². The molecule has 0 spiro atoms. The third-order valence-corrected chi connectivity index (χ3v) is 2.91. The summed E-state index contributed by atoms with van der Waals surface area (Å²) in [4.78, 5) is 0. The number of hydrogen-bond acceptors (Lipinski definition) is 1. The maximum atomic E-state index is 12.0. The molecule has 1 aliphatic rings. The van der Waals surface area contributed by atoms with E-state index in [0.29, 0.717) is 12.8 Å². The first-order valence-electron chi connectivity index (χ1n) is 5.20. The van der Waals surface area contributed by atoms with Crippen molar-refractivity contribution in [3.05, 3.63) is 0 Å². The van der Waals surface area contributed by atoms with Crippen molar-refractivity contribution in [2.75, 3.05) is 0 Å². The molecule has 14 heavy (non-hydrogen) atoms. The zero-order valence-corrected chi connectivity index (χ0v) is 8.24. The van der Waals surface area contributed by atoms with E-state index in [0.717, 1.165) is 25.7 Å².